The van der Waals surface area contributed by atoms with E-state index in [4.69, 9.17) is 16.3 Å². The highest BCUT2D eigenvalue weighted by molar-refractivity contribution is 6.30. The Morgan fingerprint density at radius 3 is 2.75 bits per heavy atom. The van der Waals surface area contributed by atoms with Crippen LogP contribution in [0, 0.1) is 6.92 Å². The third kappa shape index (κ3) is 2.70. The summed E-state index contributed by atoms with van der Waals surface area (Å²) in [4.78, 5) is 9.10. The largest absolute Gasteiger partial charge is 0.438 e. The molecule has 0 spiro atoms. The van der Waals surface area contributed by atoms with Crippen molar-refractivity contribution in [3.8, 4) is 11.6 Å². The molecular formula is C15H16ClN3O. The summed E-state index contributed by atoms with van der Waals surface area (Å²) in [6.45, 7) is 1.95. The zero-order valence-electron chi connectivity index (χ0n) is 11.5. The number of rotatable bonds is 4. The van der Waals surface area contributed by atoms with E-state index in [0.29, 0.717) is 22.6 Å². The molecule has 1 aliphatic rings. The Hall–Kier alpha value is -1.81. The Kier molecular flexibility index (Phi) is 3.49. The predicted octanol–water partition coefficient (Wildman–Crippen LogP) is 4.15. The number of aromatic nitrogens is 2. The Bertz CT molecular complexity index is 641. The molecule has 0 atom stereocenters. The summed E-state index contributed by atoms with van der Waals surface area (Å²) in [5.74, 6) is 3.43. The molecule has 104 valence electrons. The average molecular weight is 290 g/mol. The highest BCUT2D eigenvalue weighted by Gasteiger charge is 2.28. The van der Waals surface area contributed by atoms with Crippen molar-refractivity contribution in [2.75, 3.05) is 12.4 Å². The first-order valence-electron chi connectivity index (χ1n) is 6.67. The van der Waals surface area contributed by atoms with Gasteiger partial charge in [0.25, 0.3) is 0 Å². The second-order valence-electron chi connectivity index (χ2n) is 4.94. The van der Waals surface area contributed by atoms with Gasteiger partial charge in [-0.25, -0.2) is 4.98 Å². The average Bonchev–Trinajstić information content (AvgIpc) is 3.25. The van der Waals surface area contributed by atoms with E-state index < -0.39 is 0 Å². The number of nitrogens with one attached hydrogen (secondary N) is 1. The highest BCUT2D eigenvalue weighted by atomic mass is 35.5. The van der Waals surface area contributed by atoms with Crippen LogP contribution in [0.4, 0.5) is 5.82 Å². The minimum Gasteiger partial charge on any atom is -0.438 e. The fourth-order valence-corrected chi connectivity index (χ4v) is 2.20. The van der Waals surface area contributed by atoms with Crippen LogP contribution in [-0.4, -0.2) is 17.0 Å². The van der Waals surface area contributed by atoms with E-state index in [1.807, 2.05) is 32.2 Å². The van der Waals surface area contributed by atoms with Crippen molar-refractivity contribution >= 4 is 17.4 Å². The van der Waals surface area contributed by atoms with Gasteiger partial charge in [-0.15, -0.1) is 0 Å². The smallest absolute Gasteiger partial charge is 0.227 e. The van der Waals surface area contributed by atoms with Crippen LogP contribution in [0.15, 0.2) is 24.3 Å². The lowest BCUT2D eigenvalue weighted by Gasteiger charge is -2.12. The number of hydrogen-bond donors (Lipinski definition) is 1. The number of anilines is 1. The molecule has 2 aromatic rings. The van der Waals surface area contributed by atoms with Gasteiger partial charge in [0.05, 0.1) is 5.56 Å². The predicted molar refractivity (Wildman–Crippen MR) is 79.8 cm³/mol. The standard InChI is InChI=1S/C15H16ClN3O/c1-9-13(17-2)18-14(10-6-7-10)19-15(9)20-12-5-3-4-11(16)8-12/h3-5,8,10H,6-7H2,1-2H3,(H,17,18,19). The van der Waals surface area contributed by atoms with E-state index in [-0.39, 0.29) is 0 Å². The minimum atomic E-state index is 0.476. The van der Waals surface area contributed by atoms with Crippen LogP contribution in [0.5, 0.6) is 11.6 Å². The molecule has 20 heavy (non-hydrogen) atoms. The number of halogens is 1. The summed E-state index contributed by atoms with van der Waals surface area (Å²) in [5, 5.41) is 3.74. The number of hydrogen-bond acceptors (Lipinski definition) is 4. The minimum absolute atomic E-state index is 0.476. The zero-order chi connectivity index (χ0) is 14.1. The molecule has 4 nitrogen and oxygen atoms in total. The summed E-state index contributed by atoms with van der Waals surface area (Å²) in [5.41, 5.74) is 0.900. The second kappa shape index (κ2) is 5.29. The van der Waals surface area contributed by atoms with Crippen molar-refractivity contribution in [3.05, 3.63) is 40.7 Å². The number of ether oxygens (including phenoxy) is 1. The summed E-state index contributed by atoms with van der Waals surface area (Å²) < 4.78 is 5.88. The van der Waals surface area contributed by atoms with Crippen LogP contribution in [0.25, 0.3) is 0 Å². The SMILES string of the molecule is CNc1nc(C2CC2)nc(Oc2cccc(Cl)c2)c1C. The van der Waals surface area contributed by atoms with E-state index >= 15 is 0 Å². The Labute approximate surface area is 123 Å². The van der Waals surface area contributed by atoms with Crippen molar-refractivity contribution in [1.29, 1.82) is 0 Å². The van der Waals surface area contributed by atoms with Gasteiger partial charge in [0.2, 0.25) is 5.88 Å². The zero-order valence-corrected chi connectivity index (χ0v) is 12.2. The molecule has 0 amide bonds. The normalized spacial score (nSPS) is 14.2. The van der Waals surface area contributed by atoms with Crippen molar-refractivity contribution < 1.29 is 4.74 Å². The number of nitrogens with zero attached hydrogens (tertiary/aromatic N) is 2. The maximum atomic E-state index is 5.98. The van der Waals surface area contributed by atoms with Crippen molar-refractivity contribution in [1.82, 2.24) is 9.97 Å². The van der Waals surface area contributed by atoms with Gasteiger partial charge in [0.1, 0.15) is 17.4 Å². The summed E-state index contributed by atoms with van der Waals surface area (Å²) in [6, 6.07) is 7.31. The molecule has 0 saturated heterocycles. The van der Waals surface area contributed by atoms with Crippen LogP contribution in [0.1, 0.15) is 30.1 Å². The molecule has 0 aliphatic heterocycles. The summed E-state index contributed by atoms with van der Waals surface area (Å²) >= 11 is 5.98. The van der Waals surface area contributed by atoms with Crippen molar-refractivity contribution in [2.24, 2.45) is 0 Å². The van der Waals surface area contributed by atoms with Gasteiger partial charge in [-0.05, 0) is 38.0 Å². The lowest BCUT2D eigenvalue weighted by molar-refractivity contribution is 0.455. The molecule has 1 saturated carbocycles. The maximum Gasteiger partial charge on any atom is 0.227 e. The van der Waals surface area contributed by atoms with E-state index in [1.54, 1.807) is 6.07 Å². The first-order chi connectivity index (χ1) is 9.67. The van der Waals surface area contributed by atoms with E-state index in [9.17, 15) is 0 Å². The molecule has 0 bridgehead atoms. The highest BCUT2D eigenvalue weighted by Crippen LogP contribution is 2.40. The summed E-state index contributed by atoms with van der Waals surface area (Å²) in [6.07, 6.45) is 2.31. The van der Waals surface area contributed by atoms with Gasteiger partial charge in [-0.2, -0.15) is 4.98 Å². The van der Waals surface area contributed by atoms with Crippen LogP contribution in [-0.2, 0) is 0 Å². The van der Waals surface area contributed by atoms with E-state index in [2.05, 4.69) is 15.3 Å². The van der Waals surface area contributed by atoms with Gasteiger partial charge in [0, 0.05) is 18.0 Å². The quantitative estimate of drug-likeness (QED) is 0.918. The number of benzene rings is 1. The first kappa shape index (κ1) is 13.2. The Balaban J connectivity index is 1.97. The van der Waals surface area contributed by atoms with E-state index in [1.165, 1.54) is 0 Å². The van der Waals surface area contributed by atoms with Crippen molar-refractivity contribution in [2.45, 2.75) is 25.7 Å². The lowest BCUT2D eigenvalue weighted by atomic mass is 10.3. The Morgan fingerprint density at radius 2 is 2.10 bits per heavy atom. The molecule has 3 rings (SSSR count). The monoisotopic (exact) mass is 289 g/mol. The maximum absolute atomic E-state index is 5.98. The molecule has 5 heteroatoms. The first-order valence-corrected chi connectivity index (χ1v) is 7.05. The van der Waals surface area contributed by atoms with E-state index in [0.717, 1.165) is 30.0 Å². The molecule has 1 aromatic carbocycles. The van der Waals surface area contributed by atoms with Gasteiger partial charge in [-0.3, -0.25) is 0 Å². The Morgan fingerprint density at radius 1 is 1.30 bits per heavy atom. The molecule has 1 N–H and O–H groups in total. The lowest BCUT2D eigenvalue weighted by Crippen LogP contribution is -2.04. The second-order valence-corrected chi connectivity index (χ2v) is 5.38. The van der Waals surface area contributed by atoms with Crippen LogP contribution in [0.3, 0.4) is 0 Å². The molecule has 1 fully saturated rings. The molecular weight excluding hydrogens is 274 g/mol. The molecule has 1 aliphatic carbocycles. The van der Waals surface area contributed by atoms with Crippen LogP contribution in [0.2, 0.25) is 5.02 Å². The van der Waals surface area contributed by atoms with Gasteiger partial charge >= 0.3 is 0 Å². The van der Waals surface area contributed by atoms with Crippen LogP contribution >= 0.6 is 11.6 Å². The fourth-order valence-electron chi connectivity index (χ4n) is 2.02. The molecule has 0 unspecified atom stereocenters. The van der Waals surface area contributed by atoms with Crippen LogP contribution < -0.4 is 10.1 Å². The molecule has 1 aromatic heterocycles. The molecule has 1 heterocycles. The topological polar surface area (TPSA) is 47.0 Å². The third-order valence-corrected chi connectivity index (χ3v) is 3.54. The van der Waals surface area contributed by atoms with Crippen molar-refractivity contribution in [3.63, 3.8) is 0 Å². The fraction of sp³-hybridized carbons (Fsp3) is 0.333. The van der Waals surface area contributed by atoms with Gasteiger partial charge in [-0.1, -0.05) is 17.7 Å². The summed E-state index contributed by atoms with van der Waals surface area (Å²) in [7, 11) is 1.86. The van der Waals surface area contributed by atoms with Gasteiger partial charge < -0.3 is 10.1 Å². The molecule has 0 radical (unpaired) electrons. The van der Waals surface area contributed by atoms with Gasteiger partial charge in [0.15, 0.2) is 0 Å². The third-order valence-electron chi connectivity index (χ3n) is 3.31.